The lowest BCUT2D eigenvalue weighted by atomic mass is 10.1. The molecule has 0 bridgehead atoms. The molecule has 0 aromatic carbocycles. The quantitative estimate of drug-likeness (QED) is 0.541. The molecule has 0 unspecified atom stereocenters. The summed E-state index contributed by atoms with van der Waals surface area (Å²) in [5.41, 5.74) is 0. The van der Waals surface area contributed by atoms with Crippen LogP contribution in [0.1, 0.15) is 13.3 Å². The lowest BCUT2D eigenvalue weighted by molar-refractivity contribution is -0.873. The van der Waals surface area contributed by atoms with Gasteiger partial charge >= 0.3 is 0 Å². The molecule has 0 aromatic heterocycles. The van der Waals surface area contributed by atoms with E-state index in [0.29, 0.717) is 0 Å². The van der Waals surface area contributed by atoms with Crippen molar-refractivity contribution in [2.24, 2.45) is 0 Å². The third kappa shape index (κ3) is 4.40. The summed E-state index contributed by atoms with van der Waals surface area (Å²) < 4.78 is 6.48. The Morgan fingerprint density at radius 3 is 2.23 bits per heavy atom. The Hall–Kier alpha value is 0.360. The molecule has 1 rings (SSSR count). The van der Waals surface area contributed by atoms with Gasteiger partial charge in [-0.15, -0.1) is 0 Å². The van der Waals surface area contributed by atoms with Gasteiger partial charge in [0.1, 0.15) is 12.6 Å². The van der Waals surface area contributed by atoms with Crippen LogP contribution >= 0.6 is 0 Å². The number of halogens is 1. The van der Waals surface area contributed by atoms with Crippen molar-refractivity contribution in [2.75, 3.05) is 27.7 Å². The minimum atomic E-state index is -0.262. The lowest BCUT2D eigenvalue weighted by Crippen LogP contribution is -3.00. The normalized spacial score (nSPS) is 34.4. The summed E-state index contributed by atoms with van der Waals surface area (Å²) in [7, 11) is 6.41. The van der Waals surface area contributed by atoms with E-state index in [4.69, 9.17) is 4.74 Å². The Morgan fingerprint density at radius 2 is 1.92 bits per heavy atom. The van der Waals surface area contributed by atoms with Crippen molar-refractivity contribution in [2.45, 2.75) is 31.7 Å². The number of hydrogen-bond donors (Lipinski definition) is 1. The first-order valence-electron chi connectivity index (χ1n) is 4.52. The van der Waals surface area contributed by atoms with Crippen LogP contribution in [0.15, 0.2) is 0 Å². The Kier molecular flexibility index (Phi) is 4.86. The molecule has 1 fully saturated rings. The highest BCUT2D eigenvalue weighted by Crippen LogP contribution is 2.21. The van der Waals surface area contributed by atoms with Gasteiger partial charge in [0.2, 0.25) is 0 Å². The highest BCUT2D eigenvalue weighted by atomic mass is 79.9. The topological polar surface area (TPSA) is 29.5 Å². The first-order chi connectivity index (χ1) is 5.38. The van der Waals surface area contributed by atoms with Crippen molar-refractivity contribution < 1.29 is 31.3 Å². The van der Waals surface area contributed by atoms with Gasteiger partial charge in [0.05, 0.1) is 33.4 Å². The number of rotatable bonds is 2. The smallest absolute Gasteiger partial charge is 0.109 e. The fourth-order valence-electron chi connectivity index (χ4n) is 1.64. The van der Waals surface area contributed by atoms with Gasteiger partial charge in [-0.2, -0.15) is 0 Å². The number of ether oxygens (including phenoxy) is 1. The van der Waals surface area contributed by atoms with Crippen LogP contribution in [0.4, 0.5) is 0 Å². The number of quaternary nitrogens is 1. The molecule has 1 heterocycles. The van der Waals surface area contributed by atoms with Crippen LogP contribution in [0.5, 0.6) is 0 Å². The van der Waals surface area contributed by atoms with Crippen LogP contribution in [-0.4, -0.2) is 55.6 Å². The minimum absolute atomic E-state index is 0. The van der Waals surface area contributed by atoms with Crippen molar-refractivity contribution in [3.63, 3.8) is 0 Å². The van der Waals surface area contributed by atoms with E-state index in [1.54, 1.807) is 0 Å². The van der Waals surface area contributed by atoms with E-state index >= 15 is 0 Å². The molecule has 0 amide bonds. The van der Waals surface area contributed by atoms with Gasteiger partial charge in [-0.05, 0) is 6.92 Å². The van der Waals surface area contributed by atoms with Crippen LogP contribution in [0.3, 0.4) is 0 Å². The Bertz CT molecular complexity index is 148. The molecule has 1 aliphatic rings. The standard InChI is InChI=1S/C9H20NO2.BrH/c1-7-9(11)5-8(12-7)6-10(2,3)4;/h7-9,11H,5-6H2,1-4H3;1H/q+1;/p-1/t7-,8+,9+;/m1./s1. The zero-order valence-corrected chi connectivity index (χ0v) is 10.4. The lowest BCUT2D eigenvalue weighted by Gasteiger charge is -2.26. The first-order valence-corrected chi connectivity index (χ1v) is 4.52. The van der Waals surface area contributed by atoms with E-state index in [-0.39, 0.29) is 35.3 Å². The maximum atomic E-state index is 9.43. The second-order valence-electron chi connectivity index (χ2n) is 4.74. The summed E-state index contributed by atoms with van der Waals surface area (Å²) in [5, 5.41) is 9.43. The number of nitrogens with zero attached hydrogens (tertiary/aromatic N) is 1. The van der Waals surface area contributed by atoms with Crippen LogP contribution in [0.2, 0.25) is 0 Å². The van der Waals surface area contributed by atoms with E-state index in [1.165, 1.54) is 0 Å². The van der Waals surface area contributed by atoms with Gasteiger partial charge in [-0.3, -0.25) is 0 Å². The Labute approximate surface area is 91.0 Å². The first kappa shape index (κ1) is 13.4. The zero-order chi connectivity index (χ0) is 9.35. The highest BCUT2D eigenvalue weighted by Gasteiger charge is 2.33. The molecule has 3 atom stereocenters. The van der Waals surface area contributed by atoms with Crippen LogP contribution in [0.25, 0.3) is 0 Å². The average Bonchev–Trinajstić information content (AvgIpc) is 2.07. The fourth-order valence-corrected chi connectivity index (χ4v) is 1.64. The van der Waals surface area contributed by atoms with Crippen molar-refractivity contribution in [3.8, 4) is 0 Å². The summed E-state index contributed by atoms with van der Waals surface area (Å²) in [6.45, 7) is 2.90. The SMILES string of the molecule is C[C@H]1O[C@H](C[N+](C)(C)C)C[C@@H]1O.[Br-]. The molecule has 1 saturated heterocycles. The molecule has 1 N–H and O–H groups in total. The van der Waals surface area contributed by atoms with Gasteiger partial charge in [0.15, 0.2) is 0 Å². The van der Waals surface area contributed by atoms with E-state index < -0.39 is 0 Å². The summed E-state index contributed by atoms with van der Waals surface area (Å²) >= 11 is 0. The zero-order valence-electron chi connectivity index (χ0n) is 8.83. The molecule has 0 spiro atoms. The van der Waals surface area contributed by atoms with Gasteiger partial charge in [-0.25, -0.2) is 0 Å². The summed E-state index contributed by atoms with van der Waals surface area (Å²) in [5.74, 6) is 0. The highest BCUT2D eigenvalue weighted by molar-refractivity contribution is 4.78. The maximum absolute atomic E-state index is 9.43. The third-order valence-electron chi connectivity index (χ3n) is 2.20. The number of aliphatic hydroxyl groups is 1. The molecule has 80 valence electrons. The largest absolute Gasteiger partial charge is 1.00 e. The average molecular weight is 254 g/mol. The van der Waals surface area contributed by atoms with Crippen LogP contribution in [-0.2, 0) is 4.74 Å². The monoisotopic (exact) mass is 253 g/mol. The van der Waals surface area contributed by atoms with Gasteiger partial charge < -0.3 is 31.3 Å². The predicted octanol–water partition coefficient (Wildman–Crippen LogP) is -2.77. The molecule has 0 radical (unpaired) electrons. The van der Waals surface area contributed by atoms with E-state index in [0.717, 1.165) is 17.4 Å². The Balaban J connectivity index is 0.00000144. The number of likely N-dealkylation sites (N-methyl/N-ethyl adjacent to an activating group) is 1. The van der Waals surface area contributed by atoms with Crippen LogP contribution in [0, 0.1) is 0 Å². The molecule has 1 aliphatic heterocycles. The van der Waals surface area contributed by atoms with Gasteiger partial charge in [0.25, 0.3) is 0 Å². The molecule has 4 heteroatoms. The van der Waals surface area contributed by atoms with Gasteiger partial charge in [0, 0.05) is 6.42 Å². The molecular weight excluding hydrogens is 234 g/mol. The van der Waals surface area contributed by atoms with Crippen molar-refractivity contribution in [3.05, 3.63) is 0 Å². The number of aliphatic hydroxyl groups excluding tert-OH is 1. The second kappa shape index (κ2) is 4.73. The summed E-state index contributed by atoms with van der Waals surface area (Å²) in [6.07, 6.45) is 0.773. The number of hydrogen-bond acceptors (Lipinski definition) is 2. The molecule has 0 aromatic rings. The van der Waals surface area contributed by atoms with Crippen LogP contribution < -0.4 is 17.0 Å². The summed E-state index contributed by atoms with van der Waals surface area (Å²) in [4.78, 5) is 0. The van der Waals surface area contributed by atoms with Crippen molar-refractivity contribution in [1.29, 1.82) is 0 Å². The summed E-state index contributed by atoms with van der Waals surface area (Å²) in [6, 6.07) is 0. The third-order valence-corrected chi connectivity index (χ3v) is 2.20. The van der Waals surface area contributed by atoms with Crippen molar-refractivity contribution >= 4 is 0 Å². The molecule has 0 saturated carbocycles. The van der Waals surface area contributed by atoms with Crippen molar-refractivity contribution in [1.82, 2.24) is 0 Å². The van der Waals surface area contributed by atoms with Gasteiger partial charge in [-0.1, -0.05) is 0 Å². The minimum Gasteiger partial charge on any atom is -1.00 e. The molecule has 3 nitrogen and oxygen atoms in total. The fraction of sp³-hybridized carbons (Fsp3) is 1.00. The molecular formula is C9H20BrNO2. The van der Waals surface area contributed by atoms with E-state index in [9.17, 15) is 5.11 Å². The second-order valence-corrected chi connectivity index (χ2v) is 4.74. The predicted molar refractivity (Wildman–Crippen MR) is 47.9 cm³/mol. The Morgan fingerprint density at radius 1 is 1.38 bits per heavy atom. The molecule has 13 heavy (non-hydrogen) atoms. The van der Waals surface area contributed by atoms with E-state index in [1.807, 2.05) is 6.92 Å². The van der Waals surface area contributed by atoms with E-state index in [2.05, 4.69) is 21.1 Å². The maximum Gasteiger partial charge on any atom is 0.109 e. The molecule has 0 aliphatic carbocycles.